The lowest BCUT2D eigenvalue weighted by Gasteiger charge is -2.08. The number of carbonyl (C=O) groups is 1. The van der Waals surface area contributed by atoms with Gasteiger partial charge in [-0.15, -0.1) is 0 Å². The van der Waals surface area contributed by atoms with E-state index in [0.29, 0.717) is 17.8 Å². The summed E-state index contributed by atoms with van der Waals surface area (Å²) in [4.78, 5) is 11.9. The number of sulfonamides is 1. The number of nitrogens with one attached hydrogen (secondary N) is 2. The van der Waals surface area contributed by atoms with Crippen LogP contribution in [-0.4, -0.2) is 25.1 Å². The summed E-state index contributed by atoms with van der Waals surface area (Å²) in [6.45, 7) is 0.788. The highest BCUT2D eigenvalue weighted by molar-refractivity contribution is 7.92. The lowest BCUT2D eigenvalue weighted by atomic mass is 10.2. The fourth-order valence-electron chi connectivity index (χ4n) is 2.04. The molecule has 0 aliphatic carbocycles. The summed E-state index contributed by atoms with van der Waals surface area (Å²) in [5, 5.41) is 2.77. The average molecular weight is 321 g/mol. The first kappa shape index (κ1) is 16.1. The topological polar surface area (TPSA) is 80.2 Å². The van der Waals surface area contributed by atoms with Crippen LogP contribution < -0.4 is 10.0 Å². The summed E-state index contributed by atoms with van der Waals surface area (Å²) in [5.74, 6) is -0.0938. The van der Waals surface area contributed by atoms with Gasteiger partial charge in [0.05, 0.1) is 11.9 Å². The second kappa shape index (κ2) is 7.13. The van der Waals surface area contributed by atoms with E-state index in [9.17, 15) is 13.2 Å². The molecule has 2 rings (SSSR count). The first-order valence-corrected chi connectivity index (χ1v) is 8.80. The highest BCUT2D eigenvalue weighted by Crippen LogP contribution is 2.16. The molecule has 0 aliphatic heterocycles. The SMILES string of the molecule is CS(=O)(=O)Nc1cccc(NC(=O)CCCn2cccc2)c1. The first-order chi connectivity index (χ1) is 10.4. The Kier molecular flexibility index (Phi) is 5.21. The molecule has 7 heteroatoms. The molecular formula is C15H19N3O3S. The number of aryl methyl sites for hydroxylation is 1. The van der Waals surface area contributed by atoms with Crippen molar-refractivity contribution in [2.24, 2.45) is 0 Å². The largest absolute Gasteiger partial charge is 0.354 e. The third kappa shape index (κ3) is 5.61. The lowest BCUT2D eigenvalue weighted by Crippen LogP contribution is -2.13. The molecule has 0 unspecified atom stereocenters. The van der Waals surface area contributed by atoms with Gasteiger partial charge in [-0.1, -0.05) is 6.07 Å². The van der Waals surface area contributed by atoms with Gasteiger partial charge in [-0.25, -0.2) is 8.42 Å². The molecule has 0 spiro atoms. The number of carbonyl (C=O) groups excluding carboxylic acids is 1. The van der Waals surface area contributed by atoms with Crippen molar-refractivity contribution in [1.82, 2.24) is 4.57 Å². The van der Waals surface area contributed by atoms with Gasteiger partial charge in [0, 0.05) is 31.0 Å². The van der Waals surface area contributed by atoms with E-state index in [2.05, 4.69) is 10.0 Å². The molecule has 2 aromatic rings. The predicted octanol–water partition coefficient (Wildman–Crippen LogP) is 2.28. The number of anilines is 2. The first-order valence-electron chi connectivity index (χ1n) is 6.91. The number of hydrogen-bond acceptors (Lipinski definition) is 3. The molecule has 0 radical (unpaired) electrons. The normalized spacial score (nSPS) is 11.1. The predicted molar refractivity (Wildman–Crippen MR) is 87.2 cm³/mol. The van der Waals surface area contributed by atoms with Crippen LogP contribution in [0.4, 0.5) is 11.4 Å². The van der Waals surface area contributed by atoms with Crippen LogP contribution in [-0.2, 0) is 21.4 Å². The maximum absolute atomic E-state index is 11.9. The number of hydrogen-bond donors (Lipinski definition) is 2. The van der Waals surface area contributed by atoms with Gasteiger partial charge in [0.1, 0.15) is 0 Å². The van der Waals surface area contributed by atoms with E-state index in [0.717, 1.165) is 19.2 Å². The summed E-state index contributed by atoms with van der Waals surface area (Å²) in [6, 6.07) is 10.5. The quantitative estimate of drug-likeness (QED) is 0.821. The van der Waals surface area contributed by atoms with Crippen LogP contribution in [0.2, 0.25) is 0 Å². The Labute approximate surface area is 130 Å². The van der Waals surface area contributed by atoms with Gasteiger partial charge in [0.15, 0.2) is 0 Å². The van der Waals surface area contributed by atoms with Crippen molar-refractivity contribution < 1.29 is 13.2 Å². The van der Waals surface area contributed by atoms with Gasteiger partial charge in [0.25, 0.3) is 0 Å². The molecular weight excluding hydrogens is 302 g/mol. The van der Waals surface area contributed by atoms with E-state index in [4.69, 9.17) is 0 Å². The Morgan fingerprint density at radius 3 is 2.50 bits per heavy atom. The molecule has 22 heavy (non-hydrogen) atoms. The van der Waals surface area contributed by atoms with E-state index in [1.165, 1.54) is 0 Å². The minimum Gasteiger partial charge on any atom is -0.354 e. The van der Waals surface area contributed by atoms with Crippen LogP contribution in [0.1, 0.15) is 12.8 Å². The second-order valence-electron chi connectivity index (χ2n) is 5.03. The van der Waals surface area contributed by atoms with Gasteiger partial charge in [-0.2, -0.15) is 0 Å². The smallest absolute Gasteiger partial charge is 0.229 e. The van der Waals surface area contributed by atoms with E-state index < -0.39 is 10.0 Å². The maximum Gasteiger partial charge on any atom is 0.229 e. The van der Waals surface area contributed by atoms with Crippen molar-refractivity contribution in [2.45, 2.75) is 19.4 Å². The van der Waals surface area contributed by atoms with Crippen LogP contribution >= 0.6 is 0 Å². The summed E-state index contributed by atoms with van der Waals surface area (Å²) in [6.07, 6.45) is 6.14. The standard InChI is InChI=1S/C15H19N3O3S/c1-22(20,21)17-14-7-4-6-13(12-14)16-15(19)8-5-11-18-9-2-3-10-18/h2-4,6-7,9-10,12,17H,5,8,11H2,1H3,(H,16,19). The number of nitrogens with zero attached hydrogens (tertiary/aromatic N) is 1. The zero-order valence-electron chi connectivity index (χ0n) is 12.3. The molecule has 1 heterocycles. The number of amides is 1. The second-order valence-corrected chi connectivity index (χ2v) is 6.78. The van der Waals surface area contributed by atoms with Crippen molar-refractivity contribution in [3.8, 4) is 0 Å². The molecule has 0 saturated carbocycles. The number of aromatic nitrogens is 1. The van der Waals surface area contributed by atoms with E-state index >= 15 is 0 Å². The van der Waals surface area contributed by atoms with E-state index in [-0.39, 0.29) is 5.91 Å². The lowest BCUT2D eigenvalue weighted by molar-refractivity contribution is -0.116. The van der Waals surface area contributed by atoms with Crippen molar-refractivity contribution in [2.75, 3.05) is 16.3 Å². The molecule has 1 amide bonds. The molecule has 2 N–H and O–H groups in total. The fraction of sp³-hybridized carbons (Fsp3) is 0.267. The molecule has 6 nitrogen and oxygen atoms in total. The highest BCUT2D eigenvalue weighted by atomic mass is 32.2. The molecule has 0 bridgehead atoms. The number of rotatable bonds is 7. The molecule has 1 aromatic heterocycles. The zero-order chi connectivity index (χ0) is 16.0. The summed E-state index contributed by atoms with van der Waals surface area (Å²) in [5.41, 5.74) is 0.993. The zero-order valence-corrected chi connectivity index (χ0v) is 13.1. The Hall–Kier alpha value is -2.28. The van der Waals surface area contributed by atoms with Gasteiger partial charge < -0.3 is 9.88 Å². The van der Waals surface area contributed by atoms with Crippen LogP contribution in [0.15, 0.2) is 48.8 Å². The molecule has 0 saturated heterocycles. The molecule has 1 aromatic carbocycles. The minimum atomic E-state index is -3.33. The Bertz CT molecular complexity index is 724. The summed E-state index contributed by atoms with van der Waals surface area (Å²) < 4.78 is 26.8. The molecule has 118 valence electrons. The minimum absolute atomic E-state index is 0.0938. The van der Waals surface area contributed by atoms with Crippen LogP contribution in [0.3, 0.4) is 0 Å². The average Bonchev–Trinajstić information content (AvgIpc) is 2.90. The van der Waals surface area contributed by atoms with E-state index in [1.54, 1.807) is 24.3 Å². The van der Waals surface area contributed by atoms with Crippen LogP contribution in [0.25, 0.3) is 0 Å². The van der Waals surface area contributed by atoms with Crippen molar-refractivity contribution in [3.63, 3.8) is 0 Å². The Balaban J connectivity index is 1.84. The molecule has 0 fully saturated rings. The Morgan fingerprint density at radius 1 is 1.14 bits per heavy atom. The van der Waals surface area contributed by atoms with Crippen LogP contribution in [0, 0.1) is 0 Å². The van der Waals surface area contributed by atoms with Gasteiger partial charge in [-0.3, -0.25) is 9.52 Å². The monoisotopic (exact) mass is 321 g/mol. The molecule has 0 aliphatic rings. The van der Waals surface area contributed by atoms with E-state index in [1.807, 2.05) is 29.1 Å². The van der Waals surface area contributed by atoms with Gasteiger partial charge in [-0.05, 0) is 36.8 Å². The Morgan fingerprint density at radius 2 is 1.82 bits per heavy atom. The third-order valence-corrected chi connectivity index (χ3v) is 3.54. The molecule has 0 atom stereocenters. The van der Waals surface area contributed by atoms with Crippen molar-refractivity contribution in [3.05, 3.63) is 48.8 Å². The van der Waals surface area contributed by atoms with Crippen LogP contribution in [0.5, 0.6) is 0 Å². The summed E-state index contributed by atoms with van der Waals surface area (Å²) in [7, 11) is -3.33. The summed E-state index contributed by atoms with van der Waals surface area (Å²) >= 11 is 0. The number of benzene rings is 1. The highest BCUT2D eigenvalue weighted by Gasteiger charge is 2.05. The maximum atomic E-state index is 11.9. The fourth-order valence-corrected chi connectivity index (χ4v) is 2.59. The van der Waals surface area contributed by atoms with Gasteiger partial charge >= 0.3 is 0 Å². The van der Waals surface area contributed by atoms with Gasteiger partial charge in [0.2, 0.25) is 15.9 Å². The third-order valence-electron chi connectivity index (χ3n) is 2.94. The van der Waals surface area contributed by atoms with Crippen molar-refractivity contribution in [1.29, 1.82) is 0 Å². The van der Waals surface area contributed by atoms with Crippen molar-refractivity contribution >= 4 is 27.3 Å².